The van der Waals surface area contributed by atoms with Gasteiger partial charge in [0.2, 0.25) is 0 Å². The maximum absolute atomic E-state index is 10.7. The molecule has 2 N–H and O–H groups in total. The van der Waals surface area contributed by atoms with Gasteiger partial charge < -0.3 is 5.73 Å². The molecule has 0 radical (unpaired) electrons. The lowest BCUT2D eigenvalue weighted by atomic mass is 9.92. The summed E-state index contributed by atoms with van der Waals surface area (Å²) >= 11 is 0. The molecule has 0 bridgehead atoms. The molecule has 5 aromatic rings. The van der Waals surface area contributed by atoms with Crippen LogP contribution in [0.25, 0.3) is 22.4 Å². The average Bonchev–Trinajstić information content (AvgIpc) is 3.10. The van der Waals surface area contributed by atoms with Crippen LogP contribution in [0.4, 0.5) is 0 Å². The Bertz CT molecular complexity index is 1840. The zero-order valence-electron chi connectivity index (χ0n) is 24.3. The molecule has 0 atom stereocenters. The van der Waals surface area contributed by atoms with Crippen molar-refractivity contribution >= 4 is 35.7 Å². The van der Waals surface area contributed by atoms with Crippen molar-refractivity contribution in [2.24, 2.45) is 10.5 Å². The molecule has 0 saturated heterocycles. The summed E-state index contributed by atoms with van der Waals surface area (Å²) in [6.07, 6.45) is 5.45. The SMILES string of the molecule is C=C/C=C(\C=C)c1cc(/C(N)=C(C#N)/C(=N\P(c2ccccc2)c2ccccc2)c2ccccc2)cc(-c2ccccc2)c1. The molecular formula is C40H32N3P. The summed E-state index contributed by atoms with van der Waals surface area (Å²) in [7, 11) is -1.20. The van der Waals surface area contributed by atoms with Gasteiger partial charge in [0.1, 0.15) is 11.6 Å². The molecular weight excluding hydrogens is 553 g/mol. The molecule has 0 spiro atoms. The third-order valence-electron chi connectivity index (χ3n) is 7.07. The summed E-state index contributed by atoms with van der Waals surface area (Å²) in [5, 5.41) is 12.9. The number of benzene rings is 5. The Morgan fingerprint density at radius 1 is 0.659 bits per heavy atom. The second kappa shape index (κ2) is 14.6. The zero-order valence-corrected chi connectivity index (χ0v) is 25.2. The molecule has 0 amide bonds. The highest BCUT2D eigenvalue weighted by Crippen LogP contribution is 2.38. The van der Waals surface area contributed by atoms with E-state index in [9.17, 15) is 5.26 Å². The number of nitrogens with two attached hydrogens (primary N) is 1. The van der Waals surface area contributed by atoms with Gasteiger partial charge in [0, 0.05) is 21.7 Å². The first-order chi connectivity index (χ1) is 21.6. The fourth-order valence-electron chi connectivity index (χ4n) is 4.89. The molecule has 0 aliphatic heterocycles. The molecule has 0 heterocycles. The van der Waals surface area contributed by atoms with Crippen LogP contribution in [-0.4, -0.2) is 5.71 Å². The van der Waals surface area contributed by atoms with E-state index in [0.717, 1.165) is 44.0 Å². The molecule has 0 unspecified atom stereocenters. The minimum absolute atomic E-state index is 0.319. The van der Waals surface area contributed by atoms with Crippen LogP contribution in [0.1, 0.15) is 16.7 Å². The Morgan fingerprint density at radius 3 is 1.70 bits per heavy atom. The highest BCUT2D eigenvalue weighted by molar-refractivity contribution is 7.72. The van der Waals surface area contributed by atoms with Gasteiger partial charge in [-0.25, -0.2) is 4.76 Å². The number of nitriles is 1. The lowest BCUT2D eigenvalue weighted by molar-refractivity contribution is 1.44. The summed E-state index contributed by atoms with van der Waals surface area (Å²) in [5.41, 5.74) is 13.6. The molecule has 0 fully saturated rings. The minimum Gasteiger partial charge on any atom is -0.397 e. The van der Waals surface area contributed by atoms with Crippen molar-refractivity contribution in [3.05, 3.63) is 193 Å². The topological polar surface area (TPSA) is 62.2 Å². The summed E-state index contributed by atoms with van der Waals surface area (Å²) < 4.78 is 5.37. The van der Waals surface area contributed by atoms with E-state index in [4.69, 9.17) is 10.5 Å². The molecule has 0 aliphatic rings. The summed E-state index contributed by atoms with van der Waals surface area (Å²) in [5.74, 6) is 0. The van der Waals surface area contributed by atoms with E-state index in [2.05, 4.69) is 61.7 Å². The fourth-order valence-corrected chi connectivity index (χ4v) is 6.75. The normalized spacial score (nSPS) is 12.3. The number of nitrogens with zero attached hydrogens (tertiary/aromatic N) is 2. The van der Waals surface area contributed by atoms with Gasteiger partial charge in [-0.1, -0.05) is 153 Å². The minimum atomic E-state index is -1.20. The first kappa shape index (κ1) is 29.9. The summed E-state index contributed by atoms with van der Waals surface area (Å²) in [6, 6.07) is 48.9. The third kappa shape index (κ3) is 6.90. The van der Waals surface area contributed by atoms with E-state index in [0.29, 0.717) is 17.0 Å². The smallest absolute Gasteiger partial charge is 0.104 e. The van der Waals surface area contributed by atoms with E-state index in [1.54, 1.807) is 12.2 Å². The van der Waals surface area contributed by atoms with E-state index in [-0.39, 0.29) is 0 Å². The molecule has 5 rings (SSSR count). The summed E-state index contributed by atoms with van der Waals surface area (Å²) in [4.78, 5) is 0. The fraction of sp³-hybridized carbons (Fsp3) is 0. The standard InChI is InChI=1S/C40H32N3P/c1-3-17-30(4-2)33-26-34(31-18-9-5-10-19-31)28-35(27-33)39(42)38(29-41)40(32-20-11-6-12-21-32)43-44(36-22-13-7-14-23-36)37-24-15-8-16-25-37/h3-28H,1-2,42H2/b30-17+,39-38-,43-40-. The molecule has 3 nitrogen and oxygen atoms in total. The Hall–Kier alpha value is -5.55. The predicted octanol–water partition coefficient (Wildman–Crippen LogP) is 8.84. The second-order valence-corrected chi connectivity index (χ2v) is 11.8. The van der Waals surface area contributed by atoms with Crippen molar-refractivity contribution in [3.8, 4) is 17.2 Å². The molecule has 0 aromatic heterocycles. The van der Waals surface area contributed by atoms with Crippen LogP contribution >= 0.6 is 8.07 Å². The monoisotopic (exact) mass is 585 g/mol. The van der Waals surface area contributed by atoms with Crippen LogP contribution in [0.2, 0.25) is 0 Å². The molecule has 44 heavy (non-hydrogen) atoms. The van der Waals surface area contributed by atoms with E-state index in [1.807, 2.05) is 103 Å². The van der Waals surface area contributed by atoms with Gasteiger partial charge in [-0.15, -0.1) is 0 Å². The second-order valence-electron chi connectivity index (χ2n) is 9.92. The lowest BCUT2D eigenvalue weighted by Crippen LogP contribution is -2.15. The Balaban J connectivity index is 1.78. The van der Waals surface area contributed by atoms with Crippen LogP contribution in [0.5, 0.6) is 0 Å². The number of hydrogen-bond donors (Lipinski definition) is 1. The predicted molar refractivity (Wildman–Crippen MR) is 189 cm³/mol. The van der Waals surface area contributed by atoms with Crippen LogP contribution in [0, 0.1) is 11.3 Å². The molecule has 4 heteroatoms. The van der Waals surface area contributed by atoms with Crippen LogP contribution < -0.4 is 16.3 Å². The molecule has 5 aromatic carbocycles. The first-order valence-corrected chi connectivity index (χ1v) is 15.5. The van der Waals surface area contributed by atoms with Crippen molar-refractivity contribution in [1.29, 1.82) is 5.26 Å². The number of rotatable bonds is 10. The van der Waals surface area contributed by atoms with E-state index in [1.165, 1.54) is 0 Å². The van der Waals surface area contributed by atoms with Gasteiger partial charge in [0.15, 0.2) is 0 Å². The van der Waals surface area contributed by atoms with Gasteiger partial charge in [0.05, 0.1) is 19.5 Å². The lowest BCUT2D eigenvalue weighted by Gasteiger charge is -2.18. The van der Waals surface area contributed by atoms with Gasteiger partial charge >= 0.3 is 0 Å². The molecule has 0 saturated carbocycles. The van der Waals surface area contributed by atoms with Gasteiger partial charge in [-0.05, 0) is 40.5 Å². The van der Waals surface area contributed by atoms with Gasteiger partial charge in [-0.3, -0.25) is 0 Å². The van der Waals surface area contributed by atoms with Crippen molar-refractivity contribution in [3.63, 3.8) is 0 Å². The molecule has 0 aliphatic carbocycles. The van der Waals surface area contributed by atoms with Crippen LogP contribution in [0.3, 0.4) is 0 Å². The highest BCUT2D eigenvalue weighted by Gasteiger charge is 2.21. The first-order valence-electron chi connectivity index (χ1n) is 14.2. The van der Waals surface area contributed by atoms with Crippen molar-refractivity contribution in [2.45, 2.75) is 0 Å². The Kier molecular flexibility index (Phi) is 9.91. The zero-order chi connectivity index (χ0) is 30.7. The Labute approximate surface area is 261 Å². The van der Waals surface area contributed by atoms with Crippen LogP contribution in [0.15, 0.2) is 181 Å². The molecule has 212 valence electrons. The van der Waals surface area contributed by atoms with Crippen molar-refractivity contribution < 1.29 is 0 Å². The van der Waals surface area contributed by atoms with E-state index >= 15 is 0 Å². The average molecular weight is 586 g/mol. The quantitative estimate of drug-likeness (QED) is 0.0770. The van der Waals surface area contributed by atoms with E-state index < -0.39 is 8.07 Å². The van der Waals surface area contributed by atoms with Gasteiger partial charge in [0.25, 0.3) is 0 Å². The highest BCUT2D eigenvalue weighted by atomic mass is 31.1. The summed E-state index contributed by atoms with van der Waals surface area (Å²) in [6.45, 7) is 7.89. The van der Waals surface area contributed by atoms with Crippen LogP contribution in [-0.2, 0) is 0 Å². The number of allylic oxidation sites excluding steroid dienone is 5. The maximum atomic E-state index is 10.7. The number of hydrogen-bond acceptors (Lipinski definition) is 3. The van der Waals surface area contributed by atoms with Crippen molar-refractivity contribution in [2.75, 3.05) is 0 Å². The Morgan fingerprint density at radius 2 is 1.18 bits per heavy atom. The largest absolute Gasteiger partial charge is 0.397 e. The third-order valence-corrected chi connectivity index (χ3v) is 9.04. The maximum Gasteiger partial charge on any atom is 0.104 e. The van der Waals surface area contributed by atoms with Gasteiger partial charge in [-0.2, -0.15) is 5.26 Å². The van der Waals surface area contributed by atoms with Crippen molar-refractivity contribution in [1.82, 2.24) is 0 Å².